The first-order chi connectivity index (χ1) is 16.7. The Morgan fingerprint density at radius 1 is 0.794 bits per heavy atom. The summed E-state index contributed by atoms with van der Waals surface area (Å²) in [4.78, 5) is 17.1. The number of amides is 1. The number of anilines is 1. The van der Waals surface area contributed by atoms with Gasteiger partial charge in [-0.2, -0.15) is 0 Å². The molecule has 34 heavy (non-hydrogen) atoms. The van der Waals surface area contributed by atoms with Crippen LogP contribution < -0.4 is 14.4 Å². The number of carbonyl (C=O) groups is 1. The number of benzene rings is 3. The Morgan fingerprint density at radius 2 is 1.59 bits per heavy atom. The molecule has 0 aliphatic carbocycles. The molecule has 0 N–H and O–H groups in total. The van der Waals surface area contributed by atoms with Crippen LogP contribution in [0.15, 0.2) is 72.8 Å². The van der Waals surface area contributed by atoms with Crippen LogP contribution in [0, 0.1) is 0 Å². The van der Waals surface area contributed by atoms with Crippen molar-refractivity contribution in [1.29, 1.82) is 0 Å². The van der Waals surface area contributed by atoms with Crippen molar-refractivity contribution in [1.82, 2.24) is 15.1 Å². The van der Waals surface area contributed by atoms with Crippen molar-refractivity contribution in [2.75, 3.05) is 45.3 Å². The summed E-state index contributed by atoms with van der Waals surface area (Å²) in [5, 5.41) is 11.1. The van der Waals surface area contributed by atoms with Gasteiger partial charge in [0.1, 0.15) is 11.5 Å². The minimum atomic E-state index is 0.0666. The van der Waals surface area contributed by atoms with Crippen LogP contribution in [0.2, 0.25) is 0 Å². The molecule has 5 rings (SSSR count). The molecule has 2 heterocycles. The van der Waals surface area contributed by atoms with Crippen molar-refractivity contribution in [2.24, 2.45) is 0 Å². The first-order valence-electron chi connectivity index (χ1n) is 11.3. The molecule has 1 aromatic heterocycles. The molecule has 0 atom stereocenters. The number of piperazine rings is 1. The van der Waals surface area contributed by atoms with Gasteiger partial charge >= 0.3 is 0 Å². The van der Waals surface area contributed by atoms with Gasteiger partial charge in [-0.1, -0.05) is 30.3 Å². The zero-order valence-corrected chi connectivity index (χ0v) is 19.3. The van der Waals surface area contributed by atoms with E-state index >= 15 is 0 Å². The molecule has 0 bridgehead atoms. The van der Waals surface area contributed by atoms with Gasteiger partial charge in [-0.25, -0.2) is 0 Å². The molecule has 0 radical (unpaired) electrons. The molecule has 0 spiro atoms. The Morgan fingerprint density at radius 3 is 2.29 bits per heavy atom. The van der Waals surface area contributed by atoms with Gasteiger partial charge in [-0.15, -0.1) is 10.2 Å². The van der Waals surface area contributed by atoms with Crippen LogP contribution in [-0.2, 0) is 0 Å². The lowest BCUT2D eigenvalue weighted by atomic mass is 10.1. The lowest BCUT2D eigenvalue weighted by Gasteiger charge is -2.35. The minimum absolute atomic E-state index is 0.0666. The standard InChI is InChI=1S/C27H26N4O3/c1-33-22-9-11-25(34-2)23(18-22)24-10-12-26(29-28-24)30-13-15-31(16-14-30)27(32)21-8-7-19-5-3-4-6-20(19)17-21/h3-12,17-18H,13-16H2,1-2H3. The van der Waals surface area contributed by atoms with Crippen LogP contribution in [-0.4, -0.2) is 61.4 Å². The Hall–Kier alpha value is -4.13. The highest BCUT2D eigenvalue weighted by Gasteiger charge is 2.23. The van der Waals surface area contributed by atoms with Gasteiger partial charge in [0.05, 0.1) is 19.9 Å². The molecule has 1 amide bonds. The molecule has 172 valence electrons. The number of rotatable bonds is 5. The zero-order chi connectivity index (χ0) is 23.5. The molecule has 7 nitrogen and oxygen atoms in total. The van der Waals surface area contributed by atoms with Crippen LogP contribution in [0.3, 0.4) is 0 Å². The smallest absolute Gasteiger partial charge is 0.253 e. The van der Waals surface area contributed by atoms with Crippen LogP contribution in [0.1, 0.15) is 10.4 Å². The molecule has 1 saturated heterocycles. The molecule has 0 saturated carbocycles. The molecule has 4 aromatic rings. The molecular formula is C27H26N4O3. The van der Waals surface area contributed by atoms with E-state index in [1.54, 1.807) is 14.2 Å². The maximum absolute atomic E-state index is 13.1. The summed E-state index contributed by atoms with van der Waals surface area (Å²) >= 11 is 0. The fourth-order valence-corrected chi connectivity index (χ4v) is 4.30. The topological polar surface area (TPSA) is 67.8 Å². The van der Waals surface area contributed by atoms with Gasteiger partial charge in [0.15, 0.2) is 5.82 Å². The third-order valence-corrected chi connectivity index (χ3v) is 6.22. The number of methoxy groups -OCH3 is 2. The van der Waals surface area contributed by atoms with E-state index in [0.717, 1.165) is 33.5 Å². The lowest BCUT2D eigenvalue weighted by molar-refractivity contribution is 0.0746. The molecule has 7 heteroatoms. The SMILES string of the molecule is COc1ccc(OC)c(-c2ccc(N3CCN(C(=O)c4ccc5ccccc5c4)CC3)nn2)c1. The normalized spacial score (nSPS) is 13.7. The molecular weight excluding hydrogens is 428 g/mol. The van der Waals surface area contributed by atoms with Crippen LogP contribution in [0.25, 0.3) is 22.0 Å². The highest BCUT2D eigenvalue weighted by Crippen LogP contribution is 2.32. The van der Waals surface area contributed by atoms with Crippen molar-refractivity contribution in [3.63, 3.8) is 0 Å². The minimum Gasteiger partial charge on any atom is -0.497 e. The second-order valence-electron chi connectivity index (χ2n) is 8.18. The monoisotopic (exact) mass is 454 g/mol. The van der Waals surface area contributed by atoms with E-state index in [0.29, 0.717) is 37.6 Å². The number of hydrogen-bond donors (Lipinski definition) is 0. The summed E-state index contributed by atoms with van der Waals surface area (Å²) in [6, 6.07) is 23.5. The van der Waals surface area contributed by atoms with Crippen molar-refractivity contribution >= 4 is 22.5 Å². The third-order valence-electron chi connectivity index (χ3n) is 6.22. The van der Waals surface area contributed by atoms with Gasteiger partial charge in [0.2, 0.25) is 0 Å². The molecule has 1 aliphatic heterocycles. The predicted molar refractivity (Wildman–Crippen MR) is 133 cm³/mol. The molecule has 1 aliphatic rings. The number of carbonyl (C=O) groups excluding carboxylic acids is 1. The van der Waals surface area contributed by atoms with Crippen LogP contribution in [0.4, 0.5) is 5.82 Å². The molecule has 0 unspecified atom stereocenters. The van der Waals surface area contributed by atoms with E-state index in [-0.39, 0.29) is 5.91 Å². The molecule has 1 fully saturated rings. The second kappa shape index (κ2) is 9.39. The second-order valence-corrected chi connectivity index (χ2v) is 8.18. The van der Waals surface area contributed by atoms with E-state index < -0.39 is 0 Å². The Balaban J connectivity index is 1.26. The number of nitrogens with zero attached hydrogens (tertiary/aromatic N) is 4. The van der Waals surface area contributed by atoms with E-state index in [2.05, 4.69) is 21.2 Å². The van der Waals surface area contributed by atoms with E-state index in [9.17, 15) is 4.79 Å². The van der Waals surface area contributed by atoms with E-state index in [4.69, 9.17) is 9.47 Å². The summed E-state index contributed by atoms with van der Waals surface area (Å²) in [7, 11) is 3.26. The number of hydrogen-bond acceptors (Lipinski definition) is 6. The summed E-state index contributed by atoms with van der Waals surface area (Å²) < 4.78 is 10.8. The Bertz CT molecular complexity index is 1320. The Kier molecular flexibility index (Phi) is 5.99. The van der Waals surface area contributed by atoms with E-state index in [1.165, 1.54) is 0 Å². The highest BCUT2D eigenvalue weighted by atomic mass is 16.5. The number of aromatic nitrogens is 2. The van der Waals surface area contributed by atoms with Crippen LogP contribution >= 0.6 is 0 Å². The number of ether oxygens (including phenoxy) is 2. The fourth-order valence-electron chi connectivity index (χ4n) is 4.30. The lowest BCUT2D eigenvalue weighted by Crippen LogP contribution is -2.49. The average Bonchev–Trinajstić information content (AvgIpc) is 2.92. The average molecular weight is 455 g/mol. The highest BCUT2D eigenvalue weighted by molar-refractivity contribution is 5.98. The van der Waals surface area contributed by atoms with Gasteiger partial charge in [0, 0.05) is 37.3 Å². The first kappa shape index (κ1) is 21.7. The fraction of sp³-hybridized carbons (Fsp3) is 0.222. The van der Waals surface area contributed by atoms with Crippen molar-refractivity contribution in [3.05, 3.63) is 78.4 Å². The van der Waals surface area contributed by atoms with Gasteiger partial charge in [-0.3, -0.25) is 4.79 Å². The summed E-state index contributed by atoms with van der Waals surface area (Å²) in [6.45, 7) is 2.68. The third kappa shape index (κ3) is 4.24. The van der Waals surface area contributed by atoms with Gasteiger partial charge < -0.3 is 19.3 Å². The molecule has 3 aromatic carbocycles. The Labute approximate surface area is 198 Å². The summed E-state index contributed by atoms with van der Waals surface area (Å²) in [5.41, 5.74) is 2.26. The van der Waals surface area contributed by atoms with Gasteiger partial charge in [0.25, 0.3) is 5.91 Å². The van der Waals surface area contributed by atoms with Crippen LogP contribution in [0.5, 0.6) is 11.5 Å². The largest absolute Gasteiger partial charge is 0.497 e. The van der Waals surface area contributed by atoms with E-state index in [1.807, 2.05) is 71.6 Å². The quantitative estimate of drug-likeness (QED) is 0.449. The summed E-state index contributed by atoms with van der Waals surface area (Å²) in [6.07, 6.45) is 0. The van der Waals surface area contributed by atoms with Crippen molar-refractivity contribution in [3.8, 4) is 22.8 Å². The predicted octanol–water partition coefficient (Wildman–Crippen LogP) is 4.28. The first-order valence-corrected chi connectivity index (χ1v) is 11.3. The maximum Gasteiger partial charge on any atom is 0.253 e. The zero-order valence-electron chi connectivity index (χ0n) is 19.3. The van der Waals surface area contributed by atoms with Gasteiger partial charge in [-0.05, 0) is 53.2 Å². The maximum atomic E-state index is 13.1. The number of fused-ring (bicyclic) bond motifs is 1. The summed E-state index contributed by atoms with van der Waals surface area (Å²) in [5.74, 6) is 2.30. The van der Waals surface area contributed by atoms with Crippen molar-refractivity contribution < 1.29 is 14.3 Å². The van der Waals surface area contributed by atoms with Crippen molar-refractivity contribution in [2.45, 2.75) is 0 Å².